The van der Waals surface area contributed by atoms with Crippen molar-refractivity contribution in [2.45, 2.75) is 10.1 Å². The Kier molecular flexibility index (Phi) is 2.71. The van der Waals surface area contributed by atoms with Crippen LogP contribution in [0.2, 0.25) is 0 Å². The molecule has 0 unspecified atom stereocenters. The van der Waals surface area contributed by atoms with E-state index < -0.39 is 0 Å². The summed E-state index contributed by atoms with van der Waals surface area (Å²) >= 11 is 1.44. The Hall–Kier alpha value is -2.32. The van der Waals surface area contributed by atoms with Crippen LogP contribution in [0.15, 0.2) is 58.7 Å². The second-order valence-electron chi connectivity index (χ2n) is 3.62. The lowest BCUT2D eigenvalue weighted by Gasteiger charge is -2.01. The lowest BCUT2D eigenvalue weighted by molar-refractivity contribution is 0.921. The molecule has 0 saturated heterocycles. The molecule has 4 nitrogen and oxygen atoms in total. The Bertz CT molecular complexity index is 742. The zero-order chi connectivity index (χ0) is 12.4. The Balaban J connectivity index is 2.05. The van der Waals surface area contributed by atoms with Crippen molar-refractivity contribution in [3.63, 3.8) is 0 Å². The largest absolute Gasteiger partial charge is 0.277 e. The van der Waals surface area contributed by atoms with Crippen molar-refractivity contribution in [3.8, 4) is 6.07 Å². The summed E-state index contributed by atoms with van der Waals surface area (Å²) in [5.41, 5.74) is 1.45. The number of hydrogen-bond acceptors (Lipinski definition) is 4. The van der Waals surface area contributed by atoms with Crippen molar-refractivity contribution in [1.82, 2.24) is 14.6 Å². The molecule has 0 fully saturated rings. The molecule has 0 radical (unpaired) electrons. The van der Waals surface area contributed by atoms with Crippen LogP contribution in [0.4, 0.5) is 0 Å². The minimum Gasteiger partial charge on any atom is -0.277 e. The summed E-state index contributed by atoms with van der Waals surface area (Å²) in [7, 11) is 0. The van der Waals surface area contributed by atoms with Gasteiger partial charge in [0.1, 0.15) is 6.07 Å². The molecule has 5 heteroatoms. The van der Waals surface area contributed by atoms with Crippen LogP contribution in [0, 0.1) is 11.3 Å². The third-order valence-electron chi connectivity index (χ3n) is 2.49. The highest BCUT2D eigenvalue weighted by Gasteiger charge is 2.09. The predicted molar refractivity (Wildman–Crippen MR) is 68.3 cm³/mol. The van der Waals surface area contributed by atoms with Gasteiger partial charge >= 0.3 is 0 Å². The fraction of sp³-hybridized carbons (Fsp3) is 0. The van der Waals surface area contributed by atoms with E-state index in [9.17, 15) is 0 Å². The molecule has 0 aliphatic heterocycles. The summed E-state index contributed by atoms with van der Waals surface area (Å²) in [5, 5.41) is 18.0. The standard InChI is InChI=1S/C13H8N4S/c14-9-10-5-1-2-6-11(10)18-13-16-15-12-7-3-4-8-17(12)13/h1-8H. The summed E-state index contributed by atoms with van der Waals surface area (Å²) in [6.07, 6.45) is 1.91. The molecule has 0 saturated carbocycles. The Morgan fingerprint density at radius 2 is 1.89 bits per heavy atom. The number of fused-ring (bicyclic) bond motifs is 1. The molecule has 0 atom stereocenters. The van der Waals surface area contributed by atoms with Gasteiger partial charge in [-0.15, -0.1) is 10.2 Å². The van der Waals surface area contributed by atoms with Gasteiger partial charge in [-0.3, -0.25) is 4.40 Å². The molecule has 0 spiro atoms. The van der Waals surface area contributed by atoms with Gasteiger partial charge in [-0.2, -0.15) is 5.26 Å². The van der Waals surface area contributed by atoms with Crippen molar-refractivity contribution in [2.75, 3.05) is 0 Å². The third-order valence-corrected chi connectivity index (χ3v) is 3.53. The van der Waals surface area contributed by atoms with E-state index in [4.69, 9.17) is 5.26 Å². The smallest absolute Gasteiger partial charge is 0.200 e. The molecule has 3 rings (SSSR count). The maximum atomic E-state index is 9.05. The normalized spacial score (nSPS) is 10.4. The van der Waals surface area contributed by atoms with Gasteiger partial charge < -0.3 is 0 Å². The molecule has 0 N–H and O–H groups in total. The predicted octanol–water partition coefficient (Wildman–Crippen LogP) is 2.75. The summed E-state index contributed by atoms with van der Waals surface area (Å²) in [6.45, 7) is 0. The molecule has 0 aliphatic carbocycles. The first-order chi connectivity index (χ1) is 8.88. The van der Waals surface area contributed by atoms with Crippen molar-refractivity contribution < 1.29 is 0 Å². The van der Waals surface area contributed by atoms with E-state index in [2.05, 4.69) is 16.3 Å². The molecule has 0 bridgehead atoms. The van der Waals surface area contributed by atoms with Crippen molar-refractivity contribution >= 4 is 17.4 Å². The van der Waals surface area contributed by atoms with Crippen LogP contribution < -0.4 is 0 Å². The number of hydrogen-bond donors (Lipinski definition) is 0. The quantitative estimate of drug-likeness (QED) is 0.703. The Morgan fingerprint density at radius 3 is 2.78 bits per heavy atom. The number of nitriles is 1. The summed E-state index contributed by atoms with van der Waals surface area (Å²) in [6, 6.07) is 15.4. The maximum absolute atomic E-state index is 9.05. The van der Waals surface area contributed by atoms with Gasteiger partial charge in [-0.05, 0) is 36.0 Å². The van der Waals surface area contributed by atoms with Crippen molar-refractivity contribution in [3.05, 3.63) is 54.2 Å². The van der Waals surface area contributed by atoms with E-state index in [-0.39, 0.29) is 0 Å². The molecule has 0 amide bonds. The highest BCUT2D eigenvalue weighted by Crippen LogP contribution is 2.28. The second-order valence-corrected chi connectivity index (χ2v) is 4.63. The topological polar surface area (TPSA) is 54.0 Å². The van der Waals surface area contributed by atoms with Gasteiger partial charge in [0.15, 0.2) is 10.8 Å². The third kappa shape index (κ3) is 1.83. The van der Waals surface area contributed by atoms with E-state index in [0.717, 1.165) is 15.7 Å². The molecule has 1 aromatic carbocycles. The van der Waals surface area contributed by atoms with E-state index in [0.29, 0.717) is 5.56 Å². The zero-order valence-corrected chi connectivity index (χ0v) is 10.1. The maximum Gasteiger partial charge on any atom is 0.200 e. The van der Waals surface area contributed by atoms with Crippen LogP contribution in [0.3, 0.4) is 0 Å². The van der Waals surface area contributed by atoms with Crippen LogP contribution in [0.1, 0.15) is 5.56 Å². The van der Waals surface area contributed by atoms with Crippen LogP contribution in [0.5, 0.6) is 0 Å². The molecule has 0 aliphatic rings. The fourth-order valence-corrected chi connectivity index (χ4v) is 2.54. The Labute approximate surface area is 108 Å². The zero-order valence-electron chi connectivity index (χ0n) is 9.32. The van der Waals surface area contributed by atoms with E-state index in [1.807, 2.05) is 47.0 Å². The molecule has 3 aromatic rings. The molecule has 2 aromatic heterocycles. The Morgan fingerprint density at radius 1 is 1.06 bits per heavy atom. The second kappa shape index (κ2) is 4.51. The first-order valence-electron chi connectivity index (χ1n) is 5.35. The highest BCUT2D eigenvalue weighted by atomic mass is 32.2. The van der Waals surface area contributed by atoms with E-state index in [1.165, 1.54) is 11.8 Å². The first-order valence-corrected chi connectivity index (χ1v) is 6.17. The van der Waals surface area contributed by atoms with Crippen LogP contribution in [0.25, 0.3) is 5.65 Å². The summed E-state index contributed by atoms with van der Waals surface area (Å²) in [4.78, 5) is 0.887. The lowest BCUT2D eigenvalue weighted by atomic mass is 10.2. The van der Waals surface area contributed by atoms with Gasteiger partial charge in [0, 0.05) is 11.1 Å². The molecule has 86 valence electrons. The number of rotatable bonds is 2. The number of benzene rings is 1. The molecule has 18 heavy (non-hydrogen) atoms. The number of pyridine rings is 1. The van der Waals surface area contributed by atoms with E-state index in [1.54, 1.807) is 6.07 Å². The number of nitrogens with zero attached hydrogens (tertiary/aromatic N) is 4. The molecular formula is C13H8N4S. The van der Waals surface area contributed by atoms with Gasteiger partial charge in [-0.25, -0.2) is 0 Å². The van der Waals surface area contributed by atoms with Crippen LogP contribution >= 0.6 is 11.8 Å². The highest BCUT2D eigenvalue weighted by molar-refractivity contribution is 7.99. The lowest BCUT2D eigenvalue weighted by Crippen LogP contribution is -1.87. The van der Waals surface area contributed by atoms with Crippen molar-refractivity contribution in [2.24, 2.45) is 0 Å². The minimum atomic E-state index is 0.648. The van der Waals surface area contributed by atoms with Crippen molar-refractivity contribution in [1.29, 1.82) is 5.26 Å². The van der Waals surface area contributed by atoms with Gasteiger partial charge in [-0.1, -0.05) is 18.2 Å². The molecule has 2 heterocycles. The average molecular weight is 252 g/mol. The van der Waals surface area contributed by atoms with Gasteiger partial charge in [0.25, 0.3) is 0 Å². The first kappa shape index (κ1) is 10.8. The average Bonchev–Trinajstić information content (AvgIpc) is 2.83. The SMILES string of the molecule is N#Cc1ccccc1Sc1nnc2ccccn12. The molecular weight excluding hydrogens is 244 g/mol. The summed E-state index contributed by atoms with van der Waals surface area (Å²) < 4.78 is 1.90. The van der Waals surface area contributed by atoms with Crippen LogP contribution in [-0.2, 0) is 0 Å². The monoisotopic (exact) mass is 252 g/mol. The summed E-state index contributed by atoms with van der Waals surface area (Å²) in [5.74, 6) is 0. The van der Waals surface area contributed by atoms with Crippen LogP contribution in [-0.4, -0.2) is 14.6 Å². The fourth-order valence-electron chi connectivity index (χ4n) is 1.64. The number of aromatic nitrogens is 3. The minimum absolute atomic E-state index is 0.648. The van der Waals surface area contributed by atoms with Gasteiger partial charge in [0.05, 0.1) is 5.56 Å². The van der Waals surface area contributed by atoms with Gasteiger partial charge in [0.2, 0.25) is 0 Å². The van der Waals surface area contributed by atoms with E-state index >= 15 is 0 Å².